The third-order valence-electron chi connectivity index (χ3n) is 2.02. The van der Waals surface area contributed by atoms with E-state index in [9.17, 15) is 13.2 Å². The minimum absolute atomic E-state index is 0.0340. The third kappa shape index (κ3) is 4.52. The zero-order valence-electron chi connectivity index (χ0n) is 9.41. The van der Waals surface area contributed by atoms with E-state index in [2.05, 4.69) is 12.6 Å². The summed E-state index contributed by atoms with van der Waals surface area (Å²) in [6.07, 6.45) is 3.64. The predicted molar refractivity (Wildman–Crippen MR) is 72.2 cm³/mol. The maximum absolute atomic E-state index is 11.7. The van der Waals surface area contributed by atoms with Gasteiger partial charge in [-0.2, -0.15) is 17.4 Å². The topological polar surface area (TPSA) is 83.5 Å². The highest BCUT2D eigenvalue weighted by Crippen LogP contribution is 2.11. The average molecular weight is 287 g/mol. The highest BCUT2D eigenvalue weighted by atomic mass is 32.2. The third-order valence-corrected chi connectivity index (χ3v) is 3.65. The van der Waals surface area contributed by atoms with Crippen LogP contribution < -0.4 is 4.72 Å². The molecular weight excluding hydrogens is 274 g/mol. The van der Waals surface area contributed by atoms with E-state index in [4.69, 9.17) is 5.11 Å². The number of carboxylic acid groups (broad SMARTS) is 1. The largest absolute Gasteiger partial charge is 0.480 e. The van der Waals surface area contributed by atoms with Gasteiger partial charge in [0.05, 0.1) is 4.90 Å². The molecule has 7 heteroatoms. The van der Waals surface area contributed by atoms with Crippen LogP contribution in [-0.4, -0.2) is 31.8 Å². The van der Waals surface area contributed by atoms with Crippen molar-refractivity contribution in [2.45, 2.75) is 4.90 Å². The van der Waals surface area contributed by atoms with Crippen LogP contribution in [0.3, 0.4) is 0 Å². The molecule has 18 heavy (non-hydrogen) atoms. The quantitative estimate of drug-likeness (QED) is 0.681. The molecule has 0 aliphatic heterocycles. The normalized spacial score (nSPS) is 11.8. The summed E-state index contributed by atoms with van der Waals surface area (Å²) in [4.78, 5) is 10.3. The Labute approximate surface area is 111 Å². The molecule has 1 aromatic carbocycles. The number of nitrogens with one attached hydrogen (secondary N) is 1. The number of rotatable bonds is 6. The van der Waals surface area contributed by atoms with Crippen LogP contribution in [0.2, 0.25) is 0 Å². The van der Waals surface area contributed by atoms with Crippen molar-refractivity contribution in [3.63, 3.8) is 0 Å². The van der Waals surface area contributed by atoms with E-state index in [0.29, 0.717) is 5.75 Å². The predicted octanol–water partition coefficient (Wildman–Crippen LogP) is 0.993. The number of thiol groups is 1. The van der Waals surface area contributed by atoms with E-state index >= 15 is 0 Å². The molecule has 0 heterocycles. The molecule has 0 aliphatic rings. The first-order valence-corrected chi connectivity index (χ1v) is 7.16. The number of benzene rings is 1. The number of hydrogen-bond acceptors (Lipinski definition) is 4. The molecule has 1 aromatic rings. The second kappa shape index (κ2) is 6.58. The fraction of sp³-hybridized carbons (Fsp3) is 0.182. The SMILES string of the molecule is O=C(O)CNS(=O)(=O)c1ccc(C=CCS)cc1. The van der Waals surface area contributed by atoms with Crippen LogP contribution >= 0.6 is 12.6 Å². The monoisotopic (exact) mass is 287 g/mol. The Morgan fingerprint density at radius 1 is 1.33 bits per heavy atom. The lowest BCUT2D eigenvalue weighted by molar-refractivity contribution is -0.135. The summed E-state index contributed by atoms with van der Waals surface area (Å²) < 4.78 is 25.3. The first-order valence-electron chi connectivity index (χ1n) is 5.04. The van der Waals surface area contributed by atoms with Gasteiger partial charge in [0.25, 0.3) is 0 Å². The van der Waals surface area contributed by atoms with Gasteiger partial charge in [-0.05, 0) is 17.7 Å². The van der Waals surface area contributed by atoms with Crippen LogP contribution in [0.1, 0.15) is 5.56 Å². The number of carbonyl (C=O) groups is 1. The standard InChI is InChI=1S/C11H13NO4S2/c13-11(14)8-12-18(15,16)10-5-3-9(4-6-10)2-1-7-17/h1-6,12,17H,7-8H2,(H,13,14). The zero-order valence-corrected chi connectivity index (χ0v) is 11.1. The van der Waals surface area contributed by atoms with Crippen LogP contribution in [0.4, 0.5) is 0 Å². The summed E-state index contributed by atoms with van der Waals surface area (Å²) in [7, 11) is -3.76. The van der Waals surface area contributed by atoms with Gasteiger partial charge in [-0.15, -0.1) is 0 Å². The van der Waals surface area contributed by atoms with Gasteiger partial charge in [-0.1, -0.05) is 24.3 Å². The maximum Gasteiger partial charge on any atom is 0.318 e. The Morgan fingerprint density at radius 2 is 1.94 bits per heavy atom. The molecule has 0 amide bonds. The van der Waals surface area contributed by atoms with E-state index < -0.39 is 22.5 Å². The summed E-state index contributed by atoms with van der Waals surface area (Å²) in [6, 6.07) is 6.11. The Kier molecular flexibility index (Phi) is 5.39. The van der Waals surface area contributed by atoms with Gasteiger partial charge in [-0.25, -0.2) is 8.42 Å². The molecule has 0 unspecified atom stereocenters. The van der Waals surface area contributed by atoms with E-state index in [1.165, 1.54) is 12.1 Å². The van der Waals surface area contributed by atoms with Crippen LogP contribution in [0.15, 0.2) is 35.2 Å². The first-order chi connectivity index (χ1) is 8.45. The Balaban J connectivity index is 2.84. The van der Waals surface area contributed by atoms with Gasteiger partial charge in [-0.3, -0.25) is 4.79 Å². The smallest absolute Gasteiger partial charge is 0.318 e. The van der Waals surface area contributed by atoms with Crippen molar-refractivity contribution >= 4 is 34.7 Å². The summed E-state index contributed by atoms with van der Waals surface area (Å²) in [5.74, 6) is -0.632. The lowest BCUT2D eigenvalue weighted by Gasteiger charge is -2.04. The number of hydrogen-bond donors (Lipinski definition) is 3. The van der Waals surface area contributed by atoms with Crippen molar-refractivity contribution in [3.8, 4) is 0 Å². The summed E-state index contributed by atoms with van der Waals surface area (Å²) in [5, 5.41) is 8.42. The molecule has 0 saturated heterocycles. The van der Waals surface area contributed by atoms with Crippen molar-refractivity contribution in [3.05, 3.63) is 35.9 Å². The second-order valence-corrected chi connectivity index (χ2v) is 5.50. The number of aliphatic carboxylic acids is 1. The molecule has 2 N–H and O–H groups in total. The second-order valence-electron chi connectivity index (χ2n) is 3.37. The number of sulfonamides is 1. The molecule has 1 rings (SSSR count). The molecule has 0 atom stereocenters. The van der Waals surface area contributed by atoms with Crippen molar-refractivity contribution in [1.82, 2.24) is 4.72 Å². The summed E-state index contributed by atoms with van der Waals surface area (Å²) in [5.41, 5.74) is 0.848. The van der Waals surface area contributed by atoms with E-state index in [0.717, 1.165) is 5.56 Å². The minimum atomic E-state index is -3.76. The Bertz CT molecular complexity index is 535. The molecule has 0 aromatic heterocycles. The lowest BCUT2D eigenvalue weighted by atomic mass is 10.2. The van der Waals surface area contributed by atoms with Crippen LogP contribution in [0, 0.1) is 0 Å². The molecule has 0 bridgehead atoms. The minimum Gasteiger partial charge on any atom is -0.480 e. The molecule has 0 aliphatic carbocycles. The zero-order chi connectivity index (χ0) is 13.6. The molecule has 5 nitrogen and oxygen atoms in total. The van der Waals surface area contributed by atoms with Gasteiger partial charge < -0.3 is 5.11 Å². The number of carboxylic acids is 1. The van der Waals surface area contributed by atoms with E-state index in [1.807, 2.05) is 16.9 Å². The van der Waals surface area contributed by atoms with Gasteiger partial charge in [0.2, 0.25) is 10.0 Å². The summed E-state index contributed by atoms with van der Waals surface area (Å²) >= 11 is 4.02. The summed E-state index contributed by atoms with van der Waals surface area (Å²) in [6.45, 7) is -0.635. The highest BCUT2D eigenvalue weighted by molar-refractivity contribution is 7.89. The fourth-order valence-electron chi connectivity index (χ4n) is 1.19. The maximum atomic E-state index is 11.7. The van der Waals surface area contributed by atoms with Crippen LogP contribution in [-0.2, 0) is 14.8 Å². The molecule has 0 spiro atoms. The van der Waals surface area contributed by atoms with Crippen LogP contribution in [0.5, 0.6) is 0 Å². The average Bonchev–Trinajstić information content (AvgIpc) is 2.34. The van der Waals surface area contributed by atoms with Gasteiger partial charge in [0, 0.05) is 5.75 Å². The van der Waals surface area contributed by atoms with Gasteiger partial charge in [0.1, 0.15) is 6.54 Å². The molecule has 0 saturated carbocycles. The lowest BCUT2D eigenvalue weighted by Crippen LogP contribution is -2.29. The van der Waals surface area contributed by atoms with Crippen molar-refractivity contribution < 1.29 is 18.3 Å². The van der Waals surface area contributed by atoms with Crippen molar-refractivity contribution in [2.24, 2.45) is 0 Å². The van der Waals surface area contributed by atoms with Crippen molar-refractivity contribution in [2.75, 3.05) is 12.3 Å². The first kappa shape index (κ1) is 14.7. The highest BCUT2D eigenvalue weighted by Gasteiger charge is 2.14. The van der Waals surface area contributed by atoms with Gasteiger partial charge in [0.15, 0.2) is 0 Å². The molecule has 0 fully saturated rings. The molecule has 0 radical (unpaired) electrons. The molecular formula is C11H13NO4S2. The Hall–Kier alpha value is -1.31. The molecule has 98 valence electrons. The van der Waals surface area contributed by atoms with Crippen molar-refractivity contribution in [1.29, 1.82) is 0 Å². The van der Waals surface area contributed by atoms with Crippen LogP contribution in [0.25, 0.3) is 6.08 Å². The fourth-order valence-corrected chi connectivity index (χ4v) is 2.27. The Morgan fingerprint density at radius 3 is 2.44 bits per heavy atom. The van der Waals surface area contributed by atoms with Gasteiger partial charge >= 0.3 is 5.97 Å². The van der Waals surface area contributed by atoms with E-state index in [-0.39, 0.29) is 4.90 Å². The van der Waals surface area contributed by atoms with E-state index in [1.54, 1.807) is 12.1 Å².